The minimum atomic E-state index is -0.136. The van der Waals surface area contributed by atoms with Gasteiger partial charge in [0.15, 0.2) is 0 Å². The minimum absolute atomic E-state index is 0.136. The molecule has 0 amide bonds. The molecule has 0 saturated heterocycles. The second-order valence-electron chi connectivity index (χ2n) is 11.7. The van der Waals surface area contributed by atoms with Crippen molar-refractivity contribution >= 4 is 5.97 Å². The van der Waals surface area contributed by atoms with Crippen molar-refractivity contribution in [3.05, 3.63) is 65.7 Å². The maximum Gasteiger partial charge on any atom is 0.306 e. The maximum absolute atomic E-state index is 12.2. The molecule has 0 heterocycles. The molecule has 0 aliphatic rings. The number of aryl methyl sites for hydroxylation is 1. The molecule has 0 N–H and O–H groups in total. The van der Waals surface area contributed by atoms with Crippen LogP contribution in [0, 0.1) is 0 Å². The van der Waals surface area contributed by atoms with Gasteiger partial charge in [-0.15, -0.1) is 0 Å². The first-order valence-electron chi connectivity index (χ1n) is 15.7. The molecular weight excluding hydrogens is 482 g/mol. The predicted molar refractivity (Wildman–Crippen MR) is 164 cm³/mol. The Bertz CT molecular complexity index is 880. The van der Waals surface area contributed by atoms with Gasteiger partial charge in [-0.3, -0.25) is 4.79 Å². The summed E-state index contributed by atoms with van der Waals surface area (Å²) in [6, 6.07) is 18.8. The van der Waals surface area contributed by atoms with E-state index in [1.807, 2.05) is 18.2 Å². The van der Waals surface area contributed by atoms with Crippen LogP contribution in [0.4, 0.5) is 0 Å². The van der Waals surface area contributed by atoms with E-state index in [1.165, 1.54) is 88.2 Å². The van der Waals surface area contributed by atoms with Crippen LogP contribution in [0.25, 0.3) is 0 Å². The maximum atomic E-state index is 12.2. The number of carbonyl (C=O) groups is 1. The largest absolute Gasteiger partial charge is 0.490 e. The number of nitrogens with zero attached hydrogens (tertiary/aromatic N) is 1. The van der Waals surface area contributed by atoms with Crippen LogP contribution < -0.4 is 4.74 Å². The zero-order valence-electron chi connectivity index (χ0n) is 25.3. The first-order valence-corrected chi connectivity index (χ1v) is 15.7. The van der Waals surface area contributed by atoms with Crippen LogP contribution in [0.2, 0.25) is 0 Å². The third kappa shape index (κ3) is 16.4. The summed E-state index contributed by atoms with van der Waals surface area (Å²) in [5.74, 6) is 0.791. The molecule has 2 aromatic carbocycles. The first kappa shape index (κ1) is 32.9. The lowest BCUT2D eigenvalue weighted by atomic mass is 10.0. The normalized spacial score (nSPS) is 11.5. The molecule has 4 nitrogen and oxygen atoms in total. The van der Waals surface area contributed by atoms with Crippen molar-refractivity contribution in [3.63, 3.8) is 0 Å². The zero-order valence-corrected chi connectivity index (χ0v) is 25.3. The van der Waals surface area contributed by atoms with Crippen molar-refractivity contribution in [2.45, 2.75) is 110 Å². The molecule has 0 bridgehead atoms. The summed E-state index contributed by atoms with van der Waals surface area (Å²) >= 11 is 0. The second-order valence-corrected chi connectivity index (χ2v) is 11.7. The lowest BCUT2D eigenvalue weighted by molar-refractivity contribution is -0.903. The van der Waals surface area contributed by atoms with E-state index in [9.17, 15) is 4.79 Å². The van der Waals surface area contributed by atoms with Gasteiger partial charge < -0.3 is 14.0 Å². The quantitative estimate of drug-likeness (QED) is 0.0805. The average Bonchev–Trinajstić information content (AvgIpc) is 2.92. The monoisotopic (exact) mass is 538 g/mol. The van der Waals surface area contributed by atoms with Crippen LogP contribution in [0.3, 0.4) is 0 Å². The third-order valence-electron chi connectivity index (χ3n) is 7.47. The fourth-order valence-corrected chi connectivity index (χ4v) is 5.20. The molecule has 0 aliphatic heterocycles. The van der Waals surface area contributed by atoms with E-state index in [-0.39, 0.29) is 5.97 Å². The third-order valence-corrected chi connectivity index (χ3v) is 7.47. The number of ether oxygens (including phenoxy) is 2. The van der Waals surface area contributed by atoms with Crippen LogP contribution in [-0.2, 0) is 22.5 Å². The van der Waals surface area contributed by atoms with Gasteiger partial charge in [-0.05, 0) is 24.5 Å². The molecule has 4 heteroatoms. The van der Waals surface area contributed by atoms with Crippen molar-refractivity contribution in [1.29, 1.82) is 0 Å². The highest BCUT2D eigenvalue weighted by atomic mass is 16.6. The molecule has 0 unspecified atom stereocenters. The molecule has 2 aromatic rings. The molecule has 0 saturated carbocycles. The van der Waals surface area contributed by atoms with E-state index in [1.54, 1.807) is 0 Å². The van der Waals surface area contributed by atoms with E-state index in [4.69, 9.17) is 9.47 Å². The number of unbranched alkanes of at least 4 members (excludes halogenated alkanes) is 11. The highest BCUT2D eigenvalue weighted by Gasteiger charge is 2.16. The van der Waals surface area contributed by atoms with Gasteiger partial charge in [0.25, 0.3) is 0 Å². The predicted octanol–water partition coefficient (Wildman–Crippen LogP) is 8.91. The van der Waals surface area contributed by atoms with Crippen LogP contribution >= 0.6 is 0 Å². The van der Waals surface area contributed by atoms with Gasteiger partial charge in [0.1, 0.15) is 25.5 Å². The Labute approximate surface area is 239 Å². The van der Waals surface area contributed by atoms with E-state index >= 15 is 0 Å². The van der Waals surface area contributed by atoms with Crippen LogP contribution in [0.1, 0.15) is 108 Å². The lowest BCUT2D eigenvalue weighted by Gasteiger charge is -2.29. The van der Waals surface area contributed by atoms with Gasteiger partial charge in [0.05, 0.1) is 27.1 Å². The summed E-state index contributed by atoms with van der Waals surface area (Å²) in [6.45, 7) is 4.88. The van der Waals surface area contributed by atoms with E-state index < -0.39 is 0 Å². The van der Waals surface area contributed by atoms with Gasteiger partial charge in [-0.2, -0.15) is 0 Å². The summed E-state index contributed by atoms with van der Waals surface area (Å²) in [7, 11) is 4.42. The van der Waals surface area contributed by atoms with Crippen molar-refractivity contribution < 1.29 is 18.8 Å². The summed E-state index contributed by atoms with van der Waals surface area (Å²) in [5.41, 5.74) is 2.58. The molecule has 0 aliphatic carbocycles. The van der Waals surface area contributed by atoms with Crippen LogP contribution in [0.15, 0.2) is 54.6 Å². The molecule has 0 spiro atoms. The van der Waals surface area contributed by atoms with E-state index in [0.29, 0.717) is 19.6 Å². The standard InChI is InChI=1S/C35H56NO3/c1-4-5-6-7-8-9-10-11-12-13-14-18-24-33-25-19-20-26-34(33)38-29-30-39-35(37)27-21-28-36(2,3)31-32-22-16-15-17-23-32/h15-17,19-20,22-23,25-26H,4-14,18,21,24,27-31H2,1-3H3/q+1. The molecule has 0 aromatic heterocycles. The molecule has 39 heavy (non-hydrogen) atoms. The van der Waals surface area contributed by atoms with Crippen LogP contribution in [-0.4, -0.2) is 44.3 Å². The second kappa shape index (κ2) is 20.6. The lowest BCUT2D eigenvalue weighted by Crippen LogP contribution is -2.39. The number of hydrogen-bond acceptors (Lipinski definition) is 3. The summed E-state index contributed by atoms with van der Waals surface area (Å²) in [4.78, 5) is 12.2. The molecule has 2 rings (SSSR count). The van der Waals surface area contributed by atoms with Crippen molar-refractivity contribution in [2.24, 2.45) is 0 Å². The van der Waals surface area contributed by atoms with Gasteiger partial charge in [0.2, 0.25) is 0 Å². The van der Waals surface area contributed by atoms with E-state index in [2.05, 4.69) is 57.4 Å². The van der Waals surface area contributed by atoms with Gasteiger partial charge in [0, 0.05) is 12.0 Å². The average molecular weight is 539 g/mol. The Morgan fingerprint density at radius 1 is 0.692 bits per heavy atom. The SMILES string of the molecule is CCCCCCCCCCCCCCc1ccccc1OCCOC(=O)CCC[N+](C)(C)Cc1ccccc1. The molecule has 0 radical (unpaired) electrons. The van der Waals surface area contributed by atoms with Crippen molar-refractivity contribution in [1.82, 2.24) is 0 Å². The number of quaternary nitrogens is 1. The highest BCUT2D eigenvalue weighted by molar-refractivity contribution is 5.69. The number of esters is 1. The Morgan fingerprint density at radius 3 is 1.95 bits per heavy atom. The van der Waals surface area contributed by atoms with E-state index in [0.717, 1.165) is 36.2 Å². The topological polar surface area (TPSA) is 35.5 Å². The van der Waals surface area contributed by atoms with Crippen molar-refractivity contribution in [3.8, 4) is 5.75 Å². The molecule has 218 valence electrons. The molecule has 0 fully saturated rings. The Balaban J connectivity index is 1.51. The van der Waals surface area contributed by atoms with Crippen molar-refractivity contribution in [2.75, 3.05) is 33.9 Å². The van der Waals surface area contributed by atoms with Gasteiger partial charge in [-0.25, -0.2) is 0 Å². The Kier molecular flexibility index (Phi) is 17.3. The number of benzene rings is 2. The smallest absolute Gasteiger partial charge is 0.306 e. The fraction of sp³-hybridized carbons (Fsp3) is 0.629. The first-order chi connectivity index (χ1) is 19.0. The Hall–Kier alpha value is -2.33. The highest BCUT2D eigenvalue weighted by Crippen LogP contribution is 2.21. The fourth-order valence-electron chi connectivity index (χ4n) is 5.20. The molecule has 0 atom stereocenters. The minimum Gasteiger partial charge on any atom is -0.490 e. The number of hydrogen-bond donors (Lipinski definition) is 0. The summed E-state index contributed by atoms with van der Waals surface area (Å²) < 4.78 is 12.3. The van der Waals surface area contributed by atoms with Crippen LogP contribution in [0.5, 0.6) is 5.75 Å². The zero-order chi connectivity index (χ0) is 28.0. The molecular formula is C35H56NO3+. The number of carbonyl (C=O) groups excluding carboxylic acids is 1. The van der Waals surface area contributed by atoms with Gasteiger partial charge in [-0.1, -0.05) is 126 Å². The Morgan fingerprint density at radius 2 is 1.28 bits per heavy atom. The number of para-hydroxylation sites is 1. The number of rotatable bonds is 23. The summed E-state index contributed by atoms with van der Waals surface area (Å²) in [5, 5.41) is 0. The summed E-state index contributed by atoms with van der Waals surface area (Å²) in [6.07, 6.45) is 18.7. The van der Waals surface area contributed by atoms with Gasteiger partial charge >= 0.3 is 5.97 Å².